The second-order valence-electron chi connectivity index (χ2n) is 5.74. The van der Waals surface area contributed by atoms with Crippen molar-refractivity contribution in [1.29, 1.82) is 0 Å². The van der Waals surface area contributed by atoms with E-state index in [0.717, 1.165) is 11.1 Å². The molecular weight excluding hydrogens is 318 g/mol. The zero-order valence-electron chi connectivity index (χ0n) is 14.2. The molecule has 128 valence electrons. The van der Waals surface area contributed by atoms with Gasteiger partial charge in [-0.05, 0) is 30.2 Å². The second kappa shape index (κ2) is 7.61. The lowest BCUT2D eigenvalue weighted by molar-refractivity contribution is -0.115. The topological polar surface area (TPSA) is 77.2 Å². The number of carbonyl (C=O) groups excluding carboxylic acids is 1. The summed E-state index contributed by atoms with van der Waals surface area (Å²) in [6.07, 6.45) is 0.728. The molecule has 2 aromatic carbocycles. The van der Waals surface area contributed by atoms with Crippen LogP contribution in [0.3, 0.4) is 0 Å². The summed E-state index contributed by atoms with van der Waals surface area (Å²) in [6.45, 7) is 2.03. The van der Waals surface area contributed by atoms with Gasteiger partial charge in [0.25, 0.3) is 0 Å². The summed E-state index contributed by atoms with van der Waals surface area (Å²) in [5.74, 6) is 0.947. The molecule has 6 heteroatoms. The average molecular weight is 337 g/mol. The molecule has 1 N–H and O–H groups in total. The summed E-state index contributed by atoms with van der Waals surface area (Å²) in [6, 6.07) is 15.5. The van der Waals surface area contributed by atoms with Crippen LogP contribution >= 0.6 is 0 Å². The Kier molecular flexibility index (Phi) is 5.09. The van der Waals surface area contributed by atoms with Gasteiger partial charge < -0.3 is 9.15 Å². The first-order valence-electron chi connectivity index (χ1n) is 7.93. The zero-order chi connectivity index (χ0) is 17.6. The Morgan fingerprint density at radius 1 is 1.12 bits per heavy atom. The Bertz CT molecular complexity index is 856. The van der Waals surface area contributed by atoms with Crippen LogP contribution in [0, 0.1) is 6.92 Å². The lowest BCUT2D eigenvalue weighted by Gasteiger charge is -2.04. The van der Waals surface area contributed by atoms with Gasteiger partial charge in [0, 0.05) is 0 Å². The van der Waals surface area contributed by atoms with Gasteiger partial charge in [0.2, 0.25) is 11.8 Å². The standard InChI is InChI=1S/C19H19N3O3/c1-13-6-8-14(9-7-13)12-18-21-22-19(25-18)20-17(23)11-15-4-3-5-16(10-15)24-2/h3-10H,11-12H2,1-2H3,(H,20,22,23). The molecule has 25 heavy (non-hydrogen) atoms. The van der Waals surface area contributed by atoms with Gasteiger partial charge in [-0.2, -0.15) is 0 Å². The molecule has 0 spiro atoms. The van der Waals surface area contributed by atoms with E-state index in [1.54, 1.807) is 7.11 Å². The van der Waals surface area contributed by atoms with Crippen LogP contribution in [-0.2, 0) is 17.6 Å². The number of hydrogen-bond acceptors (Lipinski definition) is 5. The summed E-state index contributed by atoms with van der Waals surface area (Å²) in [4.78, 5) is 12.1. The monoisotopic (exact) mass is 337 g/mol. The number of hydrogen-bond donors (Lipinski definition) is 1. The van der Waals surface area contributed by atoms with Gasteiger partial charge in [-0.25, -0.2) is 0 Å². The summed E-state index contributed by atoms with van der Waals surface area (Å²) in [5.41, 5.74) is 3.11. The molecular formula is C19H19N3O3. The number of anilines is 1. The number of aromatic nitrogens is 2. The molecule has 0 fully saturated rings. The van der Waals surface area contributed by atoms with Gasteiger partial charge in [-0.1, -0.05) is 47.1 Å². The summed E-state index contributed by atoms with van der Waals surface area (Å²) in [5, 5.41) is 10.5. The molecule has 0 saturated heterocycles. The molecule has 3 rings (SSSR count). The SMILES string of the molecule is COc1cccc(CC(=O)Nc2nnc(Cc3ccc(C)cc3)o2)c1. The summed E-state index contributed by atoms with van der Waals surface area (Å²) < 4.78 is 10.6. The Morgan fingerprint density at radius 2 is 1.92 bits per heavy atom. The van der Waals surface area contributed by atoms with Crippen molar-refractivity contribution in [3.8, 4) is 5.75 Å². The van der Waals surface area contributed by atoms with Crippen LogP contribution in [0.15, 0.2) is 52.9 Å². The molecule has 0 atom stereocenters. The third-order valence-electron chi connectivity index (χ3n) is 3.69. The minimum atomic E-state index is -0.223. The van der Waals surface area contributed by atoms with E-state index >= 15 is 0 Å². The fraction of sp³-hybridized carbons (Fsp3) is 0.211. The average Bonchev–Trinajstić information content (AvgIpc) is 3.04. The van der Waals surface area contributed by atoms with Crippen molar-refractivity contribution in [2.24, 2.45) is 0 Å². The smallest absolute Gasteiger partial charge is 0.322 e. The highest BCUT2D eigenvalue weighted by atomic mass is 16.5. The fourth-order valence-corrected chi connectivity index (χ4v) is 2.39. The highest BCUT2D eigenvalue weighted by Crippen LogP contribution is 2.15. The quantitative estimate of drug-likeness (QED) is 0.747. The van der Waals surface area contributed by atoms with Crippen LogP contribution in [-0.4, -0.2) is 23.2 Å². The first kappa shape index (κ1) is 16.7. The van der Waals surface area contributed by atoms with Crippen LogP contribution in [0.5, 0.6) is 5.75 Å². The maximum Gasteiger partial charge on any atom is 0.322 e. The summed E-state index contributed by atoms with van der Waals surface area (Å²) in [7, 11) is 1.59. The number of methoxy groups -OCH3 is 1. The van der Waals surface area contributed by atoms with Crippen LogP contribution in [0.1, 0.15) is 22.6 Å². The van der Waals surface area contributed by atoms with Crippen molar-refractivity contribution in [1.82, 2.24) is 10.2 Å². The van der Waals surface area contributed by atoms with E-state index in [9.17, 15) is 4.79 Å². The maximum absolute atomic E-state index is 12.1. The van der Waals surface area contributed by atoms with Gasteiger partial charge in [0.15, 0.2) is 0 Å². The van der Waals surface area contributed by atoms with Gasteiger partial charge in [-0.15, -0.1) is 5.10 Å². The Hall–Kier alpha value is -3.15. The van der Waals surface area contributed by atoms with E-state index in [4.69, 9.17) is 9.15 Å². The first-order valence-corrected chi connectivity index (χ1v) is 7.93. The van der Waals surface area contributed by atoms with E-state index in [2.05, 4.69) is 15.5 Å². The minimum Gasteiger partial charge on any atom is -0.497 e. The largest absolute Gasteiger partial charge is 0.497 e. The number of amides is 1. The number of nitrogens with one attached hydrogen (secondary N) is 1. The third kappa shape index (κ3) is 4.67. The molecule has 0 unspecified atom stereocenters. The van der Waals surface area contributed by atoms with Crippen molar-refractivity contribution in [3.63, 3.8) is 0 Å². The predicted octanol–water partition coefficient (Wildman–Crippen LogP) is 3.16. The minimum absolute atomic E-state index is 0.106. The van der Waals surface area contributed by atoms with E-state index in [-0.39, 0.29) is 18.3 Å². The van der Waals surface area contributed by atoms with Crippen molar-refractivity contribution >= 4 is 11.9 Å². The molecule has 0 aliphatic rings. The van der Waals surface area contributed by atoms with Crippen molar-refractivity contribution < 1.29 is 13.9 Å². The van der Waals surface area contributed by atoms with E-state index in [1.165, 1.54) is 5.56 Å². The van der Waals surface area contributed by atoms with Gasteiger partial charge in [0.05, 0.1) is 20.0 Å². The van der Waals surface area contributed by atoms with Crippen LogP contribution in [0.2, 0.25) is 0 Å². The normalized spacial score (nSPS) is 10.5. The van der Waals surface area contributed by atoms with E-state index in [0.29, 0.717) is 18.1 Å². The molecule has 0 saturated carbocycles. The van der Waals surface area contributed by atoms with Gasteiger partial charge in [0.1, 0.15) is 5.75 Å². The molecule has 1 aromatic heterocycles. The predicted molar refractivity (Wildman–Crippen MR) is 93.6 cm³/mol. The van der Waals surface area contributed by atoms with Gasteiger partial charge in [-0.3, -0.25) is 10.1 Å². The first-order chi connectivity index (χ1) is 12.1. The van der Waals surface area contributed by atoms with E-state index < -0.39 is 0 Å². The molecule has 0 bridgehead atoms. The number of rotatable bonds is 6. The molecule has 3 aromatic rings. The fourth-order valence-electron chi connectivity index (χ4n) is 2.39. The van der Waals surface area contributed by atoms with Crippen LogP contribution in [0.4, 0.5) is 6.01 Å². The number of nitrogens with zero attached hydrogens (tertiary/aromatic N) is 2. The number of benzene rings is 2. The second-order valence-corrected chi connectivity index (χ2v) is 5.74. The third-order valence-corrected chi connectivity index (χ3v) is 3.69. The number of carbonyl (C=O) groups is 1. The zero-order valence-corrected chi connectivity index (χ0v) is 14.2. The Labute approximate surface area is 145 Å². The lowest BCUT2D eigenvalue weighted by Crippen LogP contribution is -2.14. The van der Waals surface area contributed by atoms with Gasteiger partial charge >= 0.3 is 6.01 Å². The van der Waals surface area contributed by atoms with Crippen molar-refractivity contribution in [3.05, 3.63) is 71.1 Å². The van der Waals surface area contributed by atoms with Crippen LogP contribution in [0.25, 0.3) is 0 Å². The van der Waals surface area contributed by atoms with Crippen LogP contribution < -0.4 is 10.1 Å². The van der Waals surface area contributed by atoms with Crippen molar-refractivity contribution in [2.75, 3.05) is 12.4 Å². The molecule has 0 radical (unpaired) electrons. The molecule has 6 nitrogen and oxygen atoms in total. The lowest BCUT2D eigenvalue weighted by atomic mass is 10.1. The summed E-state index contributed by atoms with van der Waals surface area (Å²) >= 11 is 0. The highest BCUT2D eigenvalue weighted by Gasteiger charge is 2.11. The van der Waals surface area contributed by atoms with E-state index in [1.807, 2.05) is 55.5 Å². The van der Waals surface area contributed by atoms with Crippen molar-refractivity contribution in [2.45, 2.75) is 19.8 Å². The Morgan fingerprint density at radius 3 is 2.68 bits per heavy atom. The maximum atomic E-state index is 12.1. The Balaban J connectivity index is 1.58. The molecule has 1 amide bonds. The number of ether oxygens (including phenoxy) is 1. The molecule has 0 aliphatic heterocycles. The highest BCUT2D eigenvalue weighted by molar-refractivity contribution is 5.90. The number of aryl methyl sites for hydroxylation is 1. The molecule has 1 heterocycles. The molecule has 0 aliphatic carbocycles.